The Balaban J connectivity index is 0.000000317. The normalized spacial score (nSPS) is 13.2. The zero-order valence-corrected chi connectivity index (χ0v) is 24.1. The van der Waals surface area contributed by atoms with Crippen LogP contribution in [0.1, 0.15) is 95.5 Å². The van der Waals surface area contributed by atoms with Crippen LogP contribution in [-0.2, 0) is 6.42 Å². The molecule has 0 aliphatic rings. The molecule has 200 valence electrons. The minimum Gasteiger partial charge on any atom is -0.358 e. The van der Waals surface area contributed by atoms with E-state index < -0.39 is 0 Å². The second kappa shape index (κ2) is 14.3. The number of halogens is 3. The molecule has 5 heteroatoms. The number of fused-ring (bicyclic) bond motifs is 1. The molecule has 37 heavy (non-hydrogen) atoms. The van der Waals surface area contributed by atoms with Gasteiger partial charge >= 0.3 is 0 Å². The van der Waals surface area contributed by atoms with Crippen LogP contribution in [0.5, 0.6) is 0 Å². The van der Waals surface area contributed by atoms with Gasteiger partial charge in [-0.25, -0.2) is 8.78 Å². The van der Waals surface area contributed by atoms with E-state index in [1.807, 2.05) is 13.0 Å². The molecule has 1 unspecified atom stereocenters. The molecule has 2 nitrogen and oxygen atoms in total. The van der Waals surface area contributed by atoms with Gasteiger partial charge in [0.15, 0.2) is 5.82 Å². The Morgan fingerprint density at radius 3 is 2.27 bits per heavy atom. The highest BCUT2D eigenvalue weighted by atomic mass is 35.5. The molecule has 0 fully saturated rings. The molecule has 0 spiro atoms. The summed E-state index contributed by atoms with van der Waals surface area (Å²) >= 11 is 6.03. The van der Waals surface area contributed by atoms with Crippen LogP contribution in [0.2, 0.25) is 5.02 Å². The third-order valence-corrected chi connectivity index (χ3v) is 6.74. The van der Waals surface area contributed by atoms with Crippen LogP contribution in [0.25, 0.3) is 10.9 Å². The first-order chi connectivity index (χ1) is 17.5. The van der Waals surface area contributed by atoms with Gasteiger partial charge in [0.2, 0.25) is 0 Å². The van der Waals surface area contributed by atoms with E-state index in [1.165, 1.54) is 11.1 Å². The van der Waals surface area contributed by atoms with Crippen molar-refractivity contribution in [3.8, 4) is 0 Å². The standard InChI is InChI=1S/C21H23ClFN.C11H18FN/c1-4-5-6-16-19-18(12-11-17(22)20(19)23)24-21(16)14(3)15-9-7-13(2)8-10-15;1-6-7-9(4)13-10(5)11(12)8(2)3/h7-12,14,24H,4-6H2,1-3H3;2,6-7H2,1,3-5H3/b;11-10+,13-9?. The van der Waals surface area contributed by atoms with Crippen LogP contribution >= 0.6 is 11.6 Å². The Kier molecular flexibility index (Phi) is 11.8. The number of allylic oxidation sites excluding steroid dienone is 3. The van der Waals surface area contributed by atoms with Crippen LogP contribution < -0.4 is 0 Å². The average molecular weight is 527 g/mol. The Labute approximate surface area is 226 Å². The van der Waals surface area contributed by atoms with Crippen molar-refractivity contribution in [3.63, 3.8) is 0 Å². The third kappa shape index (κ3) is 8.13. The predicted octanol–water partition coefficient (Wildman–Crippen LogP) is 10.8. The first-order valence-corrected chi connectivity index (χ1v) is 13.5. The zero-order valence-electron chi connectivity index (χ0n) is 23.4. The van der Waals surface area contributed by atoms with E-state index in [2.05, 4.69) is 68.5 Å². The molecule has 3 aromatic rings. The molecule has 0 bridgehead atoms. The summed E-state index contributed by atoms with van der Waals surface area (Å²) in [7, 11) is 0. The van der Waals surface area contributed by atoms with Crippen LogP contribution in [0.4, 0.5) is 8.78 Å². The molecule has 1 heterocycles. The lowest BCUT2D eigenvalue weighted by molar-refractivity contribution is 0.637. The maximum absolute atomic E-state index is 14.7. The largest absolute Gasteiger partial charge is 0.358 e. The van der Waals surface area contributed by atoms with Crippen molar-refractivity contribution in [2.75, 3.05) is 0 Å². The van der Waals surface area contributed by atoms with Gasteiger partial charge in [0.1, 0.15) is 5.83 Å². The topological polar surface area (TPSA) is 28.1 Å². The number of unbranched alkanes of at least 4 members (excludes halogenated alkanes) is 1. The van der Waals surface area contributed by atoms with Crippen molar-refractivity contribution in [3.05, 3.63) is 93.3 Å². The molecule has 1 aromatic heterocycles. The maximum Gasteiger partial charge on any atom is 0.151 e. The molecule has 0 aliphatic heterocycles. The van der Waals surface area contributed by atoms with E-state index in [4.69, 9.17) is 11.6 Å². The number of nitrogens with zero attached hydrogens (tertiary/aromatic N) is 1. The number of nitrogens with one attached hydrogen (secondary N) is 1. The summed E-state index contributed by atoms with van der Waals surface area (Å²) in [6.45, 7) is 17.2. The van der Waals surface area contributed by atoms with E-state index >= 15 is 0 Å². The first-order valence-electron chi connectivity index (χ1n) is 13.1. The van der Waals surface area contributed by atoms with Gasteiger partial charge < -0.3 is 4.98 Å². The monoisotopic (exact) mass is 526 g/mol. The maximum atomic E-state index is 14.7. The van der Waals surface area contributed by atoms with E-state index in [-0.39, 0.29) is 22.6 Å². The van der Waals surface area contributed by atoms with E-state index in [9.17, 15) is 8.78 Å². The Morgan fingerprint density at radius 1 is 1.05 bits per heavy atom. The SMILES string of the molecule is C=C(C)/C(F)=C(/C)N=C(C)CCC.CCCCc1c(C(C)c2ccc(C)cc2)[nH]c2ccc(Cl)c(F)c12. The fourth-order valence-corrected chi connectivity index (χ4v) is 4.53. The fraction of sp³-hybridized carbons (Fsp3) is 0.406. The molecular formula is C32H41ClF2N2. The Hall–Kier alpha value is -2.72. The predicted molar refractivity (Wildman–Crippen MR) is 157 cm³/mol. The molecule has 1 atom stereocenters. The minimum absolute atomic E-state index is 0.183. The van der Waals surface area contributed by atoms with Gasteiger partial charge in [0.05, 0.1) is 10.7 Å². The van der Waals surface area contributed by atoms with Crippen molar-refractivity contribution in [1.82, 2.24) is 4.98 Å². The smallest absolute Gasteiger partial charge is 0.151 e. The summed E-state index contributed by atoms with van der Waals surface area (Å²) < 4.78 is 27.9. The summed E-state index contributed by atoms with van der Waals surface area (Å²) in [6, 6.07) is 12.0. The number of aromatic amines is 1. The second-order valence-corrected chi connectivity index (χ2v) is 10.2. The van der Waals surface area contributed by atoms with Gasteiger partial charge in [0, 0.05) is 28.2 Å². The lowest BCUT2D eigenvalue weighted by Gasteiger charge is -2.14. The Morgan fingerprint density at radius 2 is 1.70 bits per heavy atom. The highest BCUT2D eigenvalue weighted by Crippen LogP contribution is 2.36. The number of aryl methyl sites for hydroxylation is 2. The summed E-state index contributed by atoms with van der Waals surface area (Å²) in [4.78, 5) is 7.60. The second-order valence-electron chi connectivity index (χ2n) is 9.81. The fourth-order valence-electron chi connectivity index (χ4n) is 4.37. The van der Waals surface area contributed by atoms with Crippen LogP contribution in [0.15, 0.2) is 65.1 Å². The number of rotatable bonds is 9. The van der Waals surface area contributed by atoms with Gasteiger partial charge in [-0.15, -0.1) is 0 Å². The van der Waals surface area contributed by atoms with Crippen molar-refractivity contribution in [2.24, 2.45) is 4.99 Å². The highest BCUT2D eigenvalue weighted by Gasteiger charge is 2.21. The molecule has 0 saturated heterocycles. The molecule has 0 radical (unpaired) electrons. The minimum atomic E-state index is -0.307. The Bertz CT molecular complexity index is 1270. The molecule has 2 aromatic carbocycles. The van der Waals surface area contributed by atoms with Crippen LogP contribution in [0.3, 0.4) is 0 Å². The molecule has 0 amide bonds. The third-order valence-electron chi connectivity index (χ3n) is 6.44. The number of hydrogen-bond donors (Lipinski definition) is 1. The summed E-state index contributed by atoms with van der Waals surface area (Å²) in [5.41, 5.74) is 7.31. The highest BCUT2D eigenvalue weighted by molar-refractivity contribution is 6.31. The quantitative estimate of drug-likeness (QED) is 0.212. The van der Waals surface area contributed by atoms with Gasteiger partial charge in [-0.05, 0) is 75.8 Å². The van der Waals surface area contributed by atoms with Crippen molar-refractivity contribution in [2.45, 2.75) is 86.5 Å². The van der Waals surface area contributed by atoms with Gasteiger partial charge in [-0.3, -0.25) is 4.99 Å². The number of H-pyrrole nitrogens is 1. The molecule has 3 rings (SSSR count). The first kappa shape index (κ1) is 30.5. The van der Waals surface area contributed by atoms with Crippen molar-refractivity contribution < 1.29 is 8.78 Å². The lowest BCUT2D eigenvalue weighted by atomic mass is 9.92. The van der Waals surface area contributed by atoms with E-state index in [0.717, 1.165) is 54.6 Å². The van der Waals surface area contributed by atoms with Gasteiger partial charge in [-0.1, -0.05) is 81.6 Å². The van der Waals surface area contributed by atoms with E-state index in [1.54, 1.807) is 19.9 Å². The number of hydrogen-bond acceptors (Lipinski definition) is 1. The van der Waals surface area contributed by atoms with Crippen molar-refractivity contribution in [1.29, 1.82) is 0 Å². The van der Waals surface area contributed by atoms with E-state index in [0.29, 0.717) is 16.7 Å². The summed E-state index contributed by atoms with van der Waals surface area (Å²) in [6.07, 6.45) is 4.93. The lowest BCUT2D eigenvalue weighted by Crippen LogP contribution is -2.01. The number of aromatic nitrogens is 1. The summed E-state index contributed by atoms with van der Waals surface area (Å²) in [5.74, 6) is -0.419. The van der Waals surface area contributed by atoms with Gasteiger partial charge in [-0.2, -0.15) is 0 Å². The summed E-state index contributed by atoms with van der Waals surface area (Å²) in [5, 5.41) is 0.846. The van der Waals surface area contributed by atoms with Crippen molar-refractivity contribution >= 4 is 28.2 Å². The van der Waals surface area contributed by atoms with Crippen LogP contribution in [-0.4, -0.2) is 10.7 Å². The molecular weight excluding hydrogens is 486 g/mol. The molecule has 0 aliphatic carbocycles. The molecule has 0 saturated carbocycles. The van der Waals surface area contributed by atoms with Gasteiger partial charge in [0.25, 0.3) is 0 Å². The molecule has 1 N–H and O–H groups in total. The number of benzene rings is 2. The average Bonchev–Trinajstić information content (AvgIpc) is 3.24. The number of aliphatic imine (C=N–C) groups is 1. The van der Waals surface area contributed by atoms with Crippen LogP contribution in [0, 0.1) is 12.7 Å². The zero-order chi connectivity index (χ0) is 27.7.